The van der Waals surface area contributed by atoms with Crippen molar-refractivity contribution >= 4 is 11.6 Å². The third kappa shape index (κ3) is 3.39. The molecule has 0 spiro atoms. The summed E-state index contributed by atoms with van der Waals surface area (Å²) in [6, 6.07) is 12.1. The van der Waals surface area contributed by atoms with Gasteiger partial charge in [-0.3, -0.25) is 14.9 Å². The van der Waals surface area contributed by atoms with E-state index in [2.05, 4.69) is 5.32 Å². The number of carbonyl (C=O) groups excluding carboxylic acids is 1. The fraction of sp³-hybridized carbons (Fsp3) is 0.316. The Kier molecular flexibility index (Phi) is 4.55. The van der Waals surface area contributed by atoms with E-state index in [9.17, 15) is 20.0 Å². The van der Waals surface area contributed by atoms with Crippen molar-refractivity contribution < 1.29 is 14.8 Å². The number of carbonyl (C=O) groups is 1. The molecular weight excluding hydrogens is 320 g/mol. The van der Waals surface area contributed by atoms with Crippen LogP contribution in [-0.4, -0.2) is 22.5 Å². The molecule has 2 N–H and O–H groups in total. The van der Waals surface area contributed by atoms with E-state index in [1.54, 1.807) is 13.0 Å². The number of nitrogens with one attached hydrogen (secondary N) is 1. The van der Waals surface area contributed by atoms with Crippen molar-refractivity contribution in [2.24, 2.45) is 0 Å². The summed E-state index contributed by atoms with van der Waals surface area (Å²) < 4.78 is 0. The number of benzene rings is 2. The molecule has 0 radical (unpaired) electrons. The largest absolute Gasteiger partial charge is 0.383 e. The van der Waals surface area contributed by atoms with Gasteiger partial charge in [0.15, 0.2) is 0 Å². The molecule has 0 saturated carbocycles. The van der Waals surface area contributed by atoms with E-state index in [0.717, 1.165) is 29.5 Å². The van der Waals surface area contributed by atoms with Crippen molar-refractivity contribution in [3.8, 4) is 0 Å². The average Bonchev–Trinajstić information content (AvgIpc) is 2.60. The molecule has 0 fully saturated rings. The number of hydrogen-bond donors (Lipinski definition) is 2. The molecule has 25 heavy (non-hydrogen) atoms. The number of amides is 1. The maximum atomic E-state index is 12.5. The molecule has 1 amide bonds. The highest BCUT2D eigenvalue weighted by Gasteiger charge is 2.35. The van der Waals surface area contributed by atoms with Crippen molar-refractivity contribution in [2.75, 3.05) is 6.54 Å². The van der Waals surface area contributed by atoms with Crippen LogP contribution in [0.25, 0.3) is 0 Å². The van der Waals surface area contributed by atoms with E-state index in [-0.39, 0.29) is 17.8 Å². The van der Waals surface area contributed by atoms with Gasteiger partial charge in [0.25, 0.3) is 11.6 Å². The molecule has 3 rings (SSSR count). The normalized spacial score (nSPS) is 19.1. The molecule has 0 bridgehead atoms. The van der Waals surface area contributed by atoms with Gasteiger partial charge in [-0.2, -0.15) is 0 Å². The molecule has 1 unspecified atom stereocenters. The fourth-order valence-corrected chi connectivity index (χ4v) is 3.39. The quantitative estimate of drug-likeness (QED) is 0.661. The van der Waals surface area contributed by atoms with Crippen LogP contribution in [0.2, 0.25) is 0 Å². The van der Waals surface area contributed by atoms with Crippen molar-refractivity contribution in [2.45, 2.75) is 31.8 Å². The first kappa shape index (κ1) is 17.1. The second kappa shape index (κ2) is 6.64. The van der Waals surface area contributed by atoms with Crippen LogP contribution in [0.3, 0.4) is 0 Å². The standard InChI is InChI=1S/C19H20N2O4/c1-13-8-9-17(21(24)25)15(11-13)18(22)20-12-19(23)10-4-6-14-5-2-3-7-16(14)19/h2-3,5,7-9,11,23H,4,6,10,12H2,1H3,(H,20,22). The van der Waals surface area contributed by atoms with E-state index in [1.807, 2.05) is 24.3 Å². The summed E-state index contributed by atoms with van der Waals surface area (Å²) in [6.07, 6.45) is 2.27. The Balaban J connectivity index is 1.82. The molecule has 6 heteroatoms. The lowest BCUT2D eigenvalue weighted by molar-refractivity contribution is -0.385. The number of nitrogens with zero attached hydrogens (tertiary/aromatic N) is 1. The number of hydrogen-bond acceptors (Lipinski definition) is 4. The number of aryl methyl sites for hydroxylation is 2. The molecule has 0 aromatic heterocycles. The van der Waals surface area contributed by atoms with Gasteiger partial charge in [0.1, 0.15) is 11.2 Å². The lowest BCUT2D eigenvalue weighted by atomic mass is 9.79. The minimum Gasteiger partial charge on any atom is -0.383 e. The minimum atomic E-state index is -1.15. The van der Waals surface area contributed by atoms with Crippen LogP contribution in [0.1, 0.15) is 39.9 Å². The minimum absolute atomic E-state index is 0.0118. The van der Waals surface area contributed by atoms with Crippen molar-refractivity contribution in [1.82, 2.24) is 5.32 Å². The van der Waals surface area contributed by atoms with Crippen LogP contribution in [0.5, 0.6) is 0 Å². The lowest BCUT2D eigenvalue weighted by Gasteiger charge is -2.34. The predicted octanol–water partition coefficient (Wildman–Crippen LogP) is 2.86. The Morgan fingerprint density at radius 3 is 2.84 bits per heavy atom. The lowest BCUT2D eigenvalue weighted by Crippen LogP contribution is -2.43. The Hall–Kier alpha value is -2.73. The topological polar surface area (TPSA) is 92.5 Å². The SMILES string of the molecule is Cc1ccc([N+](=O)[O-])c(C(=O)NCC2(O)CCCc3ccccc32)c1. The van der Waals surface area contributed by atoms with Crippen molar-refractivity contribution in [3.63, 3.8) is 0 Å². The van der Waals surface area contributed by atoms with Gasteiger partial charge in [0.05, 0.1) is 11.5 Å². The van der Waals surface area contributed by atoms with Gasteiger partial charge in [0.2, 0.25) is 0 Å². The van der Waals surface area contributed by atoms with Gasteiger partial charge in [-0.05, 0) is 48.9 Å². The zero-order valence-electron chi connectivity index (χ0n) is 14.0. The molecule has 2 aromatic rings. The van der Waals surface area contributed by atoms with E-state index in [4.69, 9.17) is 0 Å². The molecule has 0 aliphatic heterocycles. The zero-order valence-corrected chi connectivity index (χ0v) is 14.0. The van der Waals surface area contributed by atoms with E-state index in [0.29, 0.717) is 6.42 Å². The van der Waals surface area contributed by atoms with Gasteiger partial charge in [-0.1, -0.05) is 30.3 Å². The Morgan fingerprint density at radius 2 is 2.08 bits per heavy atom. The molecule has 6 nitrogen and oxygen atoms in total. The van der Waals surface area contributed by atoms with Crippen LogP contribution < -0.4 is 5.32 Å². The Bertz CT molecular complexity index is 834. The molecule has 2 aromatic carbocycles. The predicted molar refractivity (Wildman–Crippen MR) is 93.4 cm³/mol. The molecule has 130 valence electrons. The van der Waals surface area contributed by atoms with Crippen LogP contribution in [0, 0.1) is 17.0 Å². The second-order valence-electron chi connectivity index (χ2n) is 6.50. The molecular formula is C19H20N2O4. The van der Waals surface area contributed by atoms with Crippen molar-refractivity contribution in [3.05, 3.63) is 74.8 Å². The number of nitro groups is 1. The molecule has 0 saturated heterocycles. The monoisotopic (exact) mass is 340 g/mol. The summed E-state index contributed by atoms with van der Waals surface area (Å²) in [5.41, 5.74) is 1.28. The molecule has 0 heterocycles. The zero-order chi connectivity index (χ0) is 18.0. The van der Waals surface area contributed by atoms with Crippen molar-refractivity contribution in [1.29, 1.82) is 0 Å². The second-order valence-corrected chi connectivity index (χ2v) is 6.50. The highest BCUT2D eigenvalue weighted by molar-refractivity contribution is 5.98. The van der Waals surface area contributed by atoms with E-state index < -0.39 is 16.4 Å². The highest BCUT2D eigenvalue weighted by atomic mass is 16.6. The fourth-order valence-electron chi connectivity index (χ4n) is 3.39. The van der Waals surface area contributed by atoms with E-state index >= 15 is 0 Å². The summed E-state index contributed by atoms with van der Waals surface area (Å²) in [4.78, 5) is 23.1. The Labute approximate surface area is 145 Å². The first-order valence-corrected chi connectivity index (χ1v) is 8.25. The van der Waals surface area contributed by atoms with Crippen LogP contribution in [0.15, 0.2) is 42.5 Å². The average molecular weight is 340 g/mol. The van der Waals surface area contributed by atoms with Crippen LogP contribution in [-0.2, 0) is 12.0 Å². The summed E-state index contributed by atoms with van der Waals surface area (Å²) in [6.45, 7) is 1.79. The molecule has 1 atom stereocenters. The first-order chi connectivity index (χ1) is 11.9. The number of aliphatic hydroxyl groups is 1. The van der Waals surface area contributed by atoms with Gasteiger partial charge >= 0.3 is 0 Å². The third-order valence-electron chi connectivity index (χ3n) is 4.69. The first-order valence-electron chi connectivity index (χ1n) is 8.25. The van der Waals surface area contributed by atoms with Gasteiger partial charge < -0.3 is 10.4 Å². The van der Waals surface area contributed by atoms with Crippen LogP contribution in [0.4, 0.5) is 5.69 Å². The maximum Gasteiger partial charge on any atom is 0.282 e. The van der Waals surface area contributed by atoms with Crippen LogP contribution >= 0.6 is 0 Å². The van der Waals surface area contributed by atoms with E-state index in [1.165, 1.54) is 12.1 Å². The number of nitro benzene ring substituents is 1. The molecule has 1 aliphatic rings. The summed E-state index contributed by atoms with van der Waals surface area (Å²) in [5, 5.41) is 24.8. The highest BCUT2D eigenvalue weighted by Crippen LogP contribution is 2.34. The van der Waals surface area contributed by atoms with Gasteiger partial charge in [0, 0.05) is 6.07 Å². The maximum absolute atomic E-state index is 12.5. The summed E-state index contributed by atoms with van der Waals surface area (Å²) in [5.74, 6) is -0.549. The smallest absolute Gasteiger partial charge is 0.282 e. The number of fused-ring (bicyclic) bond motifs is 1. The Morgan fingerprint density at radius 1 is 1.32 bits per heavy atom. The summed E-state index contributed by atoms with van der Waals surface area (Å²) >= 11 is 0. The number of rotatable bonds is 4. The third-order valence-corrected chi connectivity index (χ3v) is 4.69. The van der Waals surface area contributed by atoms with Gasteiger partial charge in [-0.15, -0.1) is 0 Å². The molecule has 1 aliphatic carbocycles. The van der Waals surface area contributed by atoms with Gasteiger partial charge in [-0.25, -0.2) is 0 Å². The summed E-state index contributed by atoms with van der Waals surface area (Å²) in [7, 11) is 0.